The second-order valence-electron chi connectivity index (χ2n) is 8.94. The van der Waals surface area contributed by atoms with Crippen LogP contribution in [0.15, 0.2) is 42.6 Å². The average Bonchev–Trinajstić information content (AvgIpc) is 3.57. The summed E-state index contributed by atoms with van der Waals surface area (Å²) in [6.07, 6.45) is 7.69. The first-order valence-corrected chi connectivity index (χ1v) is 12.1. The highest BCUT2D eigenvalue weighted by atomic mass is 35.5. The zero-order valence-corrected chi connectivity index (χ0v) is 21.1. The third-order valence-corrected chi connectivity index (χ3v) is 6.79. The number of methoxy groups -OCH3 is 1. The first kappa shape index (κ1) is 25.7. The topological polar surface area (TPSA) is 103 Å². The fourth-order valence-corrected chi connectivity index (χ4v) is 4.94. The Morgan fingerprint density at radius 2 is 1.94 bits per heavy atom. The van der Waals surface area contributed by atoms with E-state index >= 15 is 0 Å². The lowest BCUT2D eigenvalue weighted by molar-refractivity contribution is -0.135. The van der Waals surface area contributed by atoms with E-state index in [0.717, 1.165) is 41.6 Å². The molecule has 190 valence electrons. The van der Waals surface area contributed by atoms with Crippen LogP contribution in [-0.4, -0.2) is 77.8 Å². The zero-order chi connectivity index (χ0) is 24.2. The minimum Gasteiger partial charge on any atom is -0.466 e. The van der Waals surface area contributed by atoms with Gasteiger partial charge in [0.25, 0.3) is 0 Å². The highest BCUT2D eigenvalue weighted by molar-refractivity contribution is 6.03. The molecule has 2 fully saturated rings. The molecule has 3 aromatic rings. The molecule has 2 aromatic heterocycles. The average molecular weight is 511 g/mol. The molecule has 2 aliphatic heterocycles. The number of benzene rings is 1. The Hall–Kier alpha value is -3.43. The lowest BCUT2D eigenvalue weighted by atomic mass is 10.0. The number of carbonyl (C=O) groups excluding carboxylic acids is 2. The number of fused-ring (bicyclic) bond motifs is 1. The monoisotopic (exact) mass is 510 g/mol. The van der Waals surface area contributed by atoms with E-state index in [1.54, 1.807) is 6.08 Å². The van der Waals surface area contributed by atoms with E-state index in [1.807, 2.05) is 29.3 Å². The van der Waals surface area contributed by atoms with Crippen molar-refractivity contribution in [2.24, 2.45) is 0 Å². The summed E-state index contributed by atoms with van der Waals surface area (Å²) in [6.45, 7) is 3.73. The van der Waals surface area contributed by atoms with Crippen LogP contribution in [0.2, 0.25) is 0 Å². The number of pyridine rings is 1. The molecule has 2 saturated heterocycles. The Kier molecular flexibility index (Phi) is 8.22. The van der Waals surface area contributed by atoms with Crippen LogP contribution in [0, 0.1) is 0 Å². The van der Waals surface area contributed by atoms with Crippen molar-refractivity contribution >= 4 is 47.1 Å². The van der Waals surface area contributed by atoms with Crippen molar-refractivity contribution in [3.8, 4) is 11.1 Å². The number of anilines is 1. The predicted molar refractivity (Wildman–Crippen MR) is 142 cm³/mol. The van der Waals surface area contributed by atoms with Crippen LogP contribution in [-0.2, 0) is 14.3 Å². The maximum atomic E-state index is 12.9. The summed E-state index contributed by atoms with van der Waals surface area (Å²) in [7, 11) is 1.35. The van der Waals surface area contributed by atoms with E-state index in [1.165, 1.54) is 13.2 Å². The Labute approximate surface area is 216 Å². The number of rotatable bonds is 6. The Morgan fingerprint density at radius 3 is 2.64 bits per heavy atom. The standard InChI is InChI=1S/C26H30N6O3.ClH/c1-35-23(34)10-9-21-24-25(20(17-28-26(24)30-29-21)18-6-3-2-4-7-18)32-14-12-31(13-15-32)22(33)16-19-8-5-11-27-19;/h2-4,6-7,9-10,17,19,27H,5,8,11-16H2,1H3,(H,28,29,30);1H/b10-9+;. The van der Waals surface area contributed by atoms with Crippen molar-refractivity contribution in [2.45, 2.75) is 25.3 Å². The molecule has 1 atom stereocenters. The number of esters is 1. The summed E-state index contributed by atoms with van der Waals surface area (Å²) < 4.78 is 4.75. The molecule has 10 heteroatoms. The van der Waals surface area contributed by atoms with E-state index in [2.05, 4.69) is 37.5 Å². The number of aromatic amines is 1. The van der Waals surface area contributed by atoms with Gasteiger partial charge < -0.3 is 19.9 Å². The second kappa shape index (κ2) is 11.5. The number of ether oxygens (including phenoxy) is 1. The SMILES string of the molecule is COC(=O)/C=C/c1[nH]nc2ncc(-c3ccccc3)c(N3CCN(C(=O)CC4CCCN4)CC3)c12.Cl. The molecule has 9 nitrogen and oxygen atoms in total. The largest absolute Gasteiger partial charge is 0.466 e. The molecular formula is C26H31ClN6O3. The first-order valence-electron chi connectivity index (χ1n) is 12.1. The van der Waals surface area contributed by atoms with Gasteiger partial charge in [-0.15, -0.1) is 12.4 Å². The van der Waals surface area contributed by atoms with Gasteiger partial charge in [-0.2, -0.15) is 5.10 Å². The van der Waals surface area contributed by atoms with Crippen molar-refractivity contribution in [2.75, 3.05) is 44.7 Å². The fraction of sp³-hybridized carbons (Fsp3) is 0.385. The third kappa shape index (κ3) is 5.37. The number of hydrogen-bond acceptors (Lipinski definition) is 7. The Morgan fingerprint density at radius 1 is 1.17 bits per heavy atom. The van der Waals surface area contributed by atoms with E-state index in [0.29, 0.717) is 50.0 Å². The van der Waals surface area contributed by atoms with Gasteiger partial charge in [0.1, 0.15) is 0 Å². The molecule has 4 heterocycles. The molecule has 5 rings (SSSR count). The number of piperazine rings is 1. The molecule has 0 saturated carbocycles. The van der Waals surface area contributed by atoms with Gasteiger partial charge in [0, 0.05) is 56.5 Å². The van der Waals surface area contributed by atoms with Crippen molar-refractivity contribution in [1.29, 1.82) is 0 Å². The number of H-pyrrole nitrogens is 1. The normalized spacial score (nSPS) is 18.0. The number of carbonyl (C=O) groups is 2. The van der Waals surface area contributed by atoms with Crippen LogP contribution < -0.4 is 10.2 Å². The maximum Gasteiger partial charge on any atom is 0.330 e. The van der Waals surface area contributed by atoms with Crippen LogP contribution >= 0.6 is 12.4 Å². The molecule has 0 aliphatic carbocycles. The lowest BCUT2D eigenvalue weighted by Crippen LogP contribution is -2.50. The summed E-state index contributed by atoms with van der Waals surface area (Å²) in [6, 6.07) is 10.4. The number of nitrogens with one attached hydrogen (secondary N) is 2. The number of hydrogen-bond donors (Lipinski definition) is 2. The van der Waals surface area contributed by atoms with Gasteiger partial charge in [-0.3, -0.25) is 9.89 Å². The van der Waals surface area contributed by atoms with Gasteiger partial charge >= 0.3 is 5.97 Å². The third-order valence-electron chi connectivity index (χ3n) is 6.79. The van der Waals surface area contributed by atoms with Gasteiger partial charge in [0.2, 0.25) is 5.91 Å². The molecule has 2 aliphatic rings. The van der Waals surface area contributed by atoms with Crippen molar-refractivity contribution in [1.82, 2.24) is 25.4 Å². The molecule has 0 bridgehead atoms. The molecule has 1 amide bonds. The van der Waals surface area contributed by atoms with Gasteiger partial charge in [0.15, 0.2) is 5.65 Å². The summed E-state index contributed by atoms with van der Waals surface area (Å²) in [5, 5.41) is 11.7. The number of aromatic nitrogens is 3. The highest BCUT2D eigenvalue weighted by Gasteiger charge is 2.28. The summed E-state index contributed by atoms with van der Waals surface area (Å²) in [4.78, 5) is 33.5. The Bertz CT molecular complexity index is 1230. The lowest BCUT2D eigenvalue weighted by Gasteiger charge is -2.37. The van der Waals surface area contributed by atoms with Crippen LogP contribution in [0.25, 0.3) is 28.2 Å². The van der Waals surface area contributed by atoms with Crippen LogP contribution in [0.4, 0.5) is 5.69 Å². The van der Waals surface area contributed by atoms with Gasteiger partial charge in [-0.1, -0.05) is 30.3 Å². The van der Waals surface area contributed by atoms with Gasteiger partial charge in [0.05, 0.1) is 23.9 Å². The maximum absolute atomic E-state index is 12.9. The van der Waals surface area contributed by atoms with Gasteiger partial charge in [-0.05, 0) is 31.0 Å². The Balaban J connectivity index is 0.00000304. The molecule has 1 unspecified atom stereocenters. The number of nitrogens with zero attached hydrogens (tertiary/aromatic N) is 4. The zero-order valence-electron chi connectivity index (χ0n) is 20.3. The van der Waals surface area contributed by atoms with Crippen molar-refractivity contribution in [3.05, 3.63) is 48.3 Å². The summed E-state index contributed by atoms with van der Waals surface area (Å²) in [5.74, 6) is -0.220. The van der Waals surface area contributed by atoms with E-state index in [-0.39, 0.29) is 18.3 Å². The highest BCUT2D eigenvalue weighted by Crippen LogP contribution is 2.38. The molecule has 0 spiro atoms. The van der Waals surface area contributed by atoms with Gasteiger partial charge in [-0.25, -0.2) is 9.78 Å². The molecule has 2 N–H and O–H groups in total. The smallest absolute Gasteiger partial charge is 0.330 e. The van der Waals surface area contributed by atoms with Crippen LogP contribution in [0.5, 0.6) is 0 Å². The van der Waals surface area contributed by atoms with E-state index < -0.39 is 5.97 Å². The molecule has 0 radical (unpaired) electrons. The molecule has 36 heavy (non-hydrogen) atoms. The summed E-state index contributed by atoms with van der Waals surface area (Å²) in [5.41, 5.74) is 4.31. The van der Waals surface area contributed by atoms with Crippen molar-refractivity contribution in [3.63, 3.8) is 0 Å². The predicted octanol–water partition coefficient (Wildman–Crippen LogP) is 3.02. The minimum atomic E-state index is -0.439. The van der Waals surface area contributed by atoms with E-state index in [4.69, 9.17) is 4.74 Å². The van der Waals surface area contributed by atoms with Crippen LogP contribution in [0.3, 0.4) is 0 Å². The molecular weight excluding hydrogens is 480 g/mol. The number of halogens is 1. The minimum absolute atomic E-state index is 0. The quantitative estimate of drug-likeness (QED) is 0.388. The summed E-state index contributed by atoms with van der Waals surface area (Å²) >= 11 is 0. The number of amides is 1. The second-order valence-corrected chi connectivity index (χ2v) is 8.94. The van der Waals surface area contributed by atoms with E-state index in [9.17, 15) is 9.59 Å². The fourth-order valence-electron chi connectivity index (χ4n) is 4.94. The first-order chi connectivity index (χ1) is 17.1. The molecule has 1 aromatic carbocycles. The van der Waals surface area contributed by atoms with Crippen molar-refractivity contribution < 1.29 is 14.3 Å². The van der Waals surface area contributed by atoms with Crippen LogP contribution in [0.1, 0.15) is 25.0 Å².